The second kappa shape index (κ2) is 6.96. The van der Waals surface area contributed by atoms with Gasteiger partial charge < -0.3 is 24.6 Å². The molecule has 3 aromatic rings. The molecule has 0 radical (unpaired) electrons. The minimum absolute atomic E-state index is 0.0400. The molecule has 0 bridgehead atoms. The molecule has 3 rings (SSSR count). The Bertz CT molecular complexity index is 1030. The summed E-state index contributed by atoms with van der Waals surface area (Å²) in [4.78, 5) is 12.1. The molecule has 2 heterocycles. The van der Waals surface area contributed by atoms with Gasteiger partial charge in [-0.15, -0.1) is 0 Å². The Morgan fingerprint density at radius 2 is 2.19 bits per heavy atom. The summed E-state index contributed by atoms with van der Waals surface area (Å²) in [5.41, 5.74) is 7.29. The minimum Gasteiger partial charge on any atom is -0.464 e. The SMILES string of the molecule is COC(=O)c1c(N)c(C#N)cn1-c1ccc(-c2ccc(CO)o2)c(Cl)c1. The number of nitrogens with zero attached hydrogens (tertiary/aromatic N) is 2. The van der Waals surface area contributed by atoms with Crippen molar-refractivity contribution in [2.45, 2.75) is 6.61 Å². The predicted octanol–water partition coefficient (Wildman–Crippen LogP) is 3.12. The zero-order chi connectivity index (χ0) is 18.8. The molecule has 132 valence electrons. The summed E-state index contributed by atoms with van der Waals surface area (Å²) in [6.45, 7) is -0.211. The first-order valence-electron chi connectivity index (χ1n) is 7.49. The highest BCUT2D eigenvalue weighted by atomic mass is 35.5. The fraction of sp³-hybridized carbons (Fsp3) is 0.111. The molecule has 0 fully saturated rings. The van der Waals surface area contributed by atoms with E-state index in [1.165, 1.54) is 17.9 Å². The molecule has 0 saturated carbocycles. The Morgan fingerprint density at radius 1 is 1.42 bits per heavy atom. The van der Waals surface area contributed by atoms with Gasteiger partial charge in [0.1, 0.15) is 24.2 Å². The first kappa shape index (κ1) is 17.6. The fourth-order valence-electron chi connectivity index (χ4n) is 2.58. The van der Waals surface area contributed by atoms with Gasteiger partial charge in [-0.05, 0) is 30.3 Å². The van der Waals surface area contributed by atoms with Crippen LogP contribution in [0.4, 0.5) is 5.69 Å². The van der Waals surface area contributed by atoms with E-state index in [2.05, 4.69) is 0 Å². The predicted molar refractivity (Wildman–Crippen MR) is 94.9 cm³/mol. The molecule has 0 aliphatic heterocycles. The summed E-state index contributed by atoms with van der Waals surface area (Å²) in [5.74, 6) is 0.260. The number of halogens is 1. The molecule has 8 heteroatoms. The van der Waals surface area contributed by atoms with Crippen LogP contribution in [-0.4, -0.2) is 22.8 Å². The van der Waals surface area contributed by atoms with Crippen LogP contribution in [0.25, 0.3) is 17.0 Å². The number of hydrogen-bond donors (Lipinski definition) is 2. The molecule has 0 atom stereocenters. The smallest absolute Gasteiger partial charge is 0.357 e. The molecule has 0 unspecified atom stereocenters. The summed E-state index contributed by atoms with van der Waals surface area (Å²) in [7, 11) is 1.23. The number of aromatic nitrogens is 1. The van der Waals surface area contributed by atoms with E-state index in [4.69, 9.17) is 31.6 Å². The average molecular weight is 372 g/mol. The third kappa shape index (κ3) is 2.92. The van der Waals surface area contributed by atoms with Gasteiger partial charge in [0.25, 0.3) is 0 Å². The number of methoxy groups -OCH3 is 1. The molecule has 26 heavy (non-hydrogen) atoms. The van der Waals surface area contributed by atoms with Crippen LogP contribution in [0.5, 0.6) is 0 Å². The van der Waals surface area contributed by atoms with Crippen molar-refractivity contribution in [2.24, 2.45) is 0 Å². The second-order valence-electron chi connectivity index (χ2n) is 5.37. The van der Waals surface area contributed by atoms with E-state index in [1.54, 1.807) is 30.3 Å². The van der Waals surface area contributed by atoms with Crippen molar-refractivity contribution >= 4 is 23.3 Å². The summed E-state index contributed by atoms with van der Waals surface area (Å²) >= 11 is 6.36. The van der Waals surface area contributed by atoms with Crippen molar-refractivity contribution in [1.29, 1.82) is 5.26 Å². The van der Waals surface area contributed by atoms with Crippen molar-refractivity contribution < 1.29 is 19.1 Å². The first-order valence-corrected chi connectivity index (χ1v) is 7.87. The van der Waals surface area contributed by atoms with Crippen LogP contribution in [0.15, 0.2) is 40.9 Å². The number of rotatable bonds is 4. The van der Waals surface area contributed by atoms with Crippen molar-refractivity contribution in [3.63, 3.8) is 0 Å². The van der Waals surface area contributed by atoms with Gasteiger partial charge in [0, 0.05) is 17.4 Å². The maximum absolute atomic E-state index is 12.1. The monoisotopic (exact) mass is 371 g/mol. The van der Waals surface area contributed by atoms with Crippen LogP contribution < -0.4 is 5.73 Å². The Kier molecular flexibility index (Phi) is 4.71. The van der Waals surface area contributed by atoms with Gasteiger partial charge in [0.2, 0.25) is 0 Å². The van der Waals surface area contributed by atoms with Gasteiger partial charge in [-0.1, -0.05) is 11.6 Å². The quantitative estimate of drug-likeness (QED) is 0.681. The minimum atomic E-state index is -0.664. The molecule has 1 aromatic carbocycles. The zero-order valence-electron chi connectivity index (χ0n) is 13.7. The lowest BCUT2D eigenvalue weighted by Gasteiger charge is -2.10. The van der Waals surface area contributed by atoms with Crippen molar-refractivity contribution in [2.75, 3.05) is 12.8 Å². The Hall–Kier alpha value is -3.21. The van der Waals surface area contributed by atoms with Gasteiger partial charge in [-0.3, -0.25) is 0 Å². The van der Waals surface area contributed by atoms with Crippen molar-refractivity contribution in [3.8, 4) is 23.1 Å². The number of nitriles is 1. The zero-order valence-corrected chi connectivity index (χ0v) is 14.4. The topological polar surface area (TPSA) is 114 Å². The summed E-state index contributed by atoms with van der Waals surface area (Å²) in [5, 5.41) is 18.6. The van der Waals surface area contributed by atoms with E-state index in [9.17, 15) is 10.1 Å². The maximum atomic E-state index is 12.1. The Morgan fingerprint density at radius 3 is 2.77 bits per heavy atom. The third-order valence-corrected chi connectivity index (χ3v) is 4.17. The first-order chi connectivity index (χ1) is 12.5. The maximum Gasteiger partial charge on any atom is 0.357 e. The average Bonchev–Trinajstić information content (AvgIpc) is 3.25. The van der Waals surface area contributed by atoms with E-state index in [0.29, 0.717) is 27.8 Å². The van der Waals surface area contributed by atoms with E-state index in [0.717, 1.165) is 0 Å². The van der Waals surface area contributed by atoms with Crippen LogP contribution in [0, 0.1) is 11.3 Å². The molecular formula is C18H14ClN3O4. The molecule has 0 aliphatic carbocycles. The number of nitrogens with two attached hydrogens (primary N) is 1. The number of hydrogen-bond acceptors (Lipinski definition) is 6. The highest BCUT2D eigenvalue weighted by Crippen LogP contribution is 2.33. The molecule has 7 nitrogen and oxygen atoms in total. The van der Waals surface area contributed by atoms with Gasteiger partial charge >= 0.3 is 5.97 Å². The van der Waals surface area contributed by atoms with Crippen LogP contribution in [0.2, 0.25) is 5.02 Å². The number of furan rings is 1. The number of anilines is 1. The highest BCUT2D eigenvalue weighted by molar-refractivity contribution is 6.33. The number of aliphatic hydroxyl groups excluding tert-OH is 1. The number of benzene rings is 1. The molecule has 0 aliphatic rings. The van der Waals surface area contributed by atoms with Gasteiger partial charge in [-0.25, -0.2) is 4.79 Å². The number of nitrogen functional groups attached to an aromatic ring is 1. The lowest BCUT2D eigenvalue weighted by atomic mass is 10.1. The van der Waals surface area contributed by atoms with Gasteiger partial charge in [0.05, 0.1) is 23.4 Å². The Labute approximate surface area is 153 Å². The number of aliphatic hydroxyl groups is 1. The van der Waals surface area contributed by atoms with Crippen molar-refractivity contribution in [3.05, 3.63) is 58.6 Å². The summed E-state index contributed by atoms with van der Waals surface area (Å²) in [6, 6.07) is 10.3. The van der Waals surface area contributed by atoms with E-state index < -0.39 is 5.97 Å². The van der Waals surface area contributed by atoms with Gasteiger partial charge in [0.15, 0.2) is 5.69 Å². The lowest BCUT2D eigenvalue weighted by molar-refractivity contribution is 0.0593. The third-order valence-electron chi connectivity index (χ3n) is 3.86. The van der Waals surface area contributed by atoms with Crippen LogP contribution in [0.3, 0.4) is 0 Å². The normalized spacial score (nSPS) is 10.5. The lowest BCUT2D eigenvalue weighted by Crippen LogP contribution is -2.11. The van der Waals surface area contributed by atoms with E-state index in [-0.39, 0.29) is 23.6 Å². The largest absolute Gasteiger partial charge is 0.464 e. The second-order valence-corrected chi connectivity index (χ2v) is 5.77. The standard InChI is InChI=1S/C18H14ClN3O4/c1-25-18(24)17-16(21)10(7-20)8-22(17)11-2-4-13(14(19)6-11)15-5-3-12(9-23)26-15/h2-6,8,23H,9,21H2,1H3. The van der Waals surface area contributed by atoms with Crippen LogP contribution in [0.1, 0.15) is 21.8 Å². The molecule has 0 amide bonds. The molecule has 0 saturated heterocycles. The number of esters is 1. The fourth-order valence-corrected chi connectivity index (χ4v) is 2.85. The van der Waals surface area contributed by atoms with Gasteiger partial charge in [-0.2, -0.15) is 5.26 Å². The molecular weight excluding hydrogens is 358 g/mol. The van der Waals surface area contributed by atoms with E-state index in [1.807, 2.05) is 6.07 Å². The number of carbonyl (C=O) groups is 1. The molecule has 0 spiro atoms. The molecule has 2 aromatic heterocycles. The summed E-state index contributed by atoms with van der Waals surface area (Å²) < 4.78 is 11.7. The van der Waals surface area contributed by atoms with Crippen molar-refractivity contribution in [1.82, 2.24) is 4.57 Å². The highest BCUT2D eigenvalue weighted by Gasteiger charge is 2.22. The number of carbonyl (C=O) groups excluding carboxylic acids is 1. The molecule has 3 N–H and O–H groups in total. The number of ether oxygens (including phenoxy) is 1. The van der Waals surface area contributed by atoms with Crippen LogP contribution in [-0.2, 0) is 11.3 Å². The summed E-state index contributed by atoms with van der Waals surface area (Å²) in [6.07, 6.45) is 1.45. The van der Waals surface area contributed by atoms with Crippen LogP contribution >= 0.6 is 11.6 Å². The van der Waals surface area contributed by atoms with E-state index >= 15 is 0 Å². The Balaban J connectivity index is 2.10.